The zero-order valence-electron chi connectivity index (χ0n) is 16.9. The van der Waals surface area contributed by atoms with Gasteiger partial charge in [0, 0.05) is 11.3 Å². The molecule has 31 heavy (non-hydrogen) atoms. The van der Waals surface area contributed by atoms with E-state index in [1.165, 1.54) is 0 Å². The molecule has 2 N–H and O–H groups in total. The molecule has 1 aliphatic rings. The Bertz CT molecular complexity index is 1250. The molecule has 2 heterocycles. The van der Waals surface area contributed by atoms with Gasteiger partial charge in [0.15, 0.2) is 0 Å². The predicted octanol–water partition coefficient (Wildman–Crippen LogP) is 4.51. The monoisotopic (exact) mass is 408 g/mol. The maximum absolute atomic E-state index is 12.9. The van der Waals surface area contributed by atoms with E-state index in [9.17, 15) is 4.79 Å². The highest BCUT2D eigenvalue weighted by molar-refractivity contribution is 6.45. The van der Waals surface area contributed by atoms with Gasteiger partial charge in [-0.3, -0.25) is 10.2 Å². The van der Waals surface area contributed by atoms with Crippen LogP contribution in [-0.4, -0.2) is 21.4 Å². The van der Waals surface area contributed by atoms with E-state index >= 15 is 0 Å². The second-order valence-corrected chi connectivity index (χ2v) is 7.19. The minimum atomic E-state index is -0.344. The van der Waals surface area contributed by atoms with Crippen LogP contribution >= 0.6 is 0 Å². The highest BCUT2D eigenvalue weighted by atomic mass is 16.2. The molecular weight excluding hydrogens is 388 g/mol. The number of imidazole rings is 1. The summed E-state index contributed by atoms with van der Waals surface area (Å²) >= 11 is 0. The van der Waals surface area contributed by atoms with Crippen molar-refractivity contribution in [3.63, 3.8) is 0 Å². The third kappa shape index (κ3) is 3.76. The Balaban J connectivity index is 1.54. The van der Waals surface area contributed by atoms with E-state index in [1.807, 2.05) is 98.0 Å². The van der Waals surface area contributed by atoms with Gasteiger partial charge in [0.25, 0.3) is 11.9 Å². The molecule has 1 amide bonds. The van der Waals surface area contributed by atoms with Crippen molar-refractivity contribution >= 4 is 29.1 Å². The molecule has 1 aromatic heterocycles. The van der Waals surface area contributed by atoms with Crippen LogP contribution in [0.4, 0.5) is 17.3 Å². The molecule has 7 heteroatoms. The number of benzene rings is 3. The van der Waals surface area contributed by atoms with Gasteiger partial charge in [0.1, 0.15) is 0 Å². The lowest BCUT2D eigenvalue weighted by Crippen LogP contribution is -2.40. The number of amidine groups is 1. The second kappa shape index (κ2) is 7.79. The first-order valence-corrected chi connectivity index (χ1v) is 9.91. The van der Waals surface area contributed by atoms with E-state index in [1.54, 1.807) is 9.69 Å². The molecular formula is C24H20N6O. The van der Waals surface area contributed by atoms with Gasteiger partial charge in [-0.2, -0.15) is 5.01 Å². The van der Waals surface area contributed by atoms with Gasteiger partial charge in [-0.1, -0.05) is 66.2 Å². The van der Waals surface area contributed by atoms with Crippen LogP contribution in [0.1, 0.15) is 5.56 Å². The molecule has 152 valence electrons. The van der Waals surface area contributed by atoms with Crippen molar-refractivity contribution < 1.29 is 4.79 Å². The lowest BCUT2D eigenvalue weighted by atomic mass is 10.2. The lowest BCUT2D eigenvalue weighted by molar-refractivity contribution is -0.110. The van der Waals surface area contributed by atoms with Crippen LogP contribution in [0.2, 0.25) is 0 Å². The maximum atomic E-state index is 12.9. The number of aromatic nitrogens is 2. The summed E-state index contributed by atoms with van der Waals surface area (Å²) in [5, 5.41) is 9.11. The van der Waals surface area contributed by atoms with E-state index in [-0.39, 0.29) is 11.7 Å². The van der Waals surface area contributed by atoms with Crippen molar-refractivity contribution in [1.29, 1.82) is 0 Å². The number of carbonyl (C=O) groups is 1. The number of carbonyl (C=O) groups excluding carboxylic acids is 1. The first-order chi connectivity index (χ1) is 15.2. The van der Waals surface area contributed by atoms with Gasteiger partial charge in [-0.05, 0) is 31.2 Å². The summed E-state index contributed by atoms with van der Waals surface area (Å²) in [6, 6.07) is 27.1. The number of amides is 1. The molecule has 0 saturated carbocycles. The molecule has 3 aromatic carbocycles. The minimum Gasteiger partial charge on any atom is -0.319 e. The molecule has 0 radical (unpaired) electrons. The fraction of sp³-hybridized carbons (Fsp3) is 0.0417. The lowest BCUT2D eigenvalue weighted by Gasteiger charge is -2.26. The van der Waals surface area contributed by atoms with Crippen molar-refractivity contribution in [3.05, 3.63) is 96.7 Å². The number of hydrazone groups is 1. The number of hydrogen-bond donors (Lipinski definition) is 2. The summed E-state index contributed by atoms with van der Waals surface area (Å²) in [7, 11) is 0. The third-order valence-corrected chi connectivity index (χ3v) is 4.90. The molecule has 0 spiro atoms. The molecule has 0 saturated heterocycles. The van der Waals surface area contributed by atoms with Crippen LogP contribution in [0.25, 0.3) is 11.3 Å². The number of aryl methyl sites for hydroxylation is 1. The first kappa shape index (κ1) is 18.6. The molecule has 5 rings (SSSR count). The zero-order chi connectivity index (χ0) is 21.2. The molecule has 0 bridgehead atoms. The average molecular weight is 408 g/mol. The summed E-state index contributed by atoms with van der Waals surface area (Å²) < 4.78 is 1.72. The first-order valence-electron chi connectivity index (χ1n) is 9.91. The third-order valence-electron chi connectivity index (χ3n) is 4.90. The molecule has 0 unspecified atom stereocenters. The highest BCUT2D eigenvalue weighted by Gasteiger charge is 2.27. The van der Waals surface area contributed by atoms with Crippen LogP contribution in [0, 0.1) is 6.92 Å². The van der Waals surface area contributed by atoms with E-state index in [0.29, 0.717) is 11.6 Å². The normalized spacial score (nSPS) is 12.5. The van der Waals surface area contributed by atoms with Gasteiger partial charge in [-0.25, -0.2) is 9.66 Å². The van der Waals surface area contributed by atoms with Gasteiger partial charge in [0.05, 0.1) is 17.6 Å². The largest absolute Gasteiger partial charge is 0.319 e. The Labute approximate surface area is 179 Å². The Kier molecular flexibility index (Phi) is 4.68. The average Bonchev–Trinajstić information content (AvgIpc) is 3.25. The molecule has 1 aliphatic heterocycles. The van der Waals surface area contributed by atoms with Gasteiger partial charge in [0.2, 0.25) is 5.84 Å². The number of hydrogen-bond acceptors (Lipinski definition) is 5. The zero-order valence-corrected chi connectivity index (χ0v) is 16.9. The molecule has 0 fully saturated rings. The van der Waals surface area contributed by atoms with Crippen molar-refractivity contribution in [2.24, 2.45) is 5.10 Å². The SMILES string of the molecule is Cc1ccc(N2N=C(C(=O)Nc3ccccc3)Nn3cc(-c4ccccc4)nc32)cc1. The summed E-state index contributed by atoms with van der Waals surface area (Å²) in [4.78, 5) is 17.7. The second-order valence-electron chi connectivity index (χ2n) is 7.19. The van der Waals surface area contributed by atoms with Crippen molar-refractivity contribution in [2.75, 3.05) is 15.8 Å². The van der Waals surface area contributed by atoms with E-state index in [2.05, 4.69) is 15.8 Å². The van der Waals surface area contributed by atoms with E-state index < -0.39 is 0 Å². The Morgan fingerprint density at radius 2 is 1.58 bits per heavy atom. The number of fused-ring (bicyclic) bond motifs is 1. The Morgan fingerprint density at radius 1 is 0.903 bits per heavy atom. The van der Waals surface area contributed by atoms with Gasteiger partial charge < -0.3 is 5.32 Å². The summed E-state index contributed by atoms with van der Waals surface area (Å²) in [5.41, 5.74) is 7.46. The van der Waals surface area contributed by atoms with Crippen LogP contribution in [0.3, 0.4) is 0 Å². The van der Waals surface area contributed by atoms with E-state index in [4.69, 9.17) is 4.98 Å². The van der Waals surface area contributed by atoms with Gasteiger partial charge in [-0.15, -0.1) is 5.10 Å². The molecule has 4 aromatic rings. The molecule has 0 atom stereocenters. The van der Waals surface area contributed by atoms with Crippen LogP contribution in [-0.2, 0) is 4.79 Å². The Morgan fingerprint density at radius 3 is 2.29 bits per heavy atom. The van der Waals surface area contributed by atoms with Crippen LogP contribution < -0.4 is 15.8 Å². The summed E-state index contributed by atoms with van der Waals surface area (Å²) in [5.74, 6) is 0.386. The topological polar surface area (TPSA) is 74.6 Å². The number of para-hydroxylation sites is 1. The van der Waals surface area contributed by atoms with Crippen molar-refractivity contribution in [3.8, 4) is 11.3 Å². The maximum Gasteiger partial charge on any atom is 0.294 e. The van der Waals surface area contributed by atoms with Crippen LogP contribution in [0.15, 0.2) is 96.2 Å². The van der Waals surface area contributed by atoms with Gasteiger partial charge >= 0.3 is 0 Å². The summed E-state index contributed by atoms with van der Waals surface area (Å²) in [6.07, 6.45) is 1.86. The smallest absolute Gasteiger partial charge is 0.294 e. The molecule has 0 aliphatic carbocycles. The number of anilines is 3. The highest BCUT2D eigenvalue weighted by Crippen LogP contribution is 2.30. The van der Waals surface area contributed by atoms with E-state index in [0.717, 1.165) is 22.5 Å². The number of nitrogens with zero attached hydrogens (tertiary/aromatic N) is 4. The summed E-state index contributed by atoms with van der Waals surface area (Å²) in [6.45, 7) is 2.03. The predicted molar refractivity (Wildman–Crippen MR) is 123 cm³/mol. The molecule has 7 nitrogen and oxygen atoms in total. The minimum absolute atomic E-state index is 0.161. The van der Waals surface area contributed by atoms with Crippen molar-refractivity contribution in [1.82, 2.24) is 9.66 Å². The fourth-order valence-electron chi connectivity index (χ4n) is 3.30. The number of nitrogens with one attached hydrogen (secondary N) is 2. The fourth-order valence-corrected chi connectivity index (χ4v) is 3.30. The number of rotatable bonds is 4. The van der Waals surface area contributed by atoms with Crippen molar-refractivity contribution in [2.45, 2.75) is 6.92 Å². The Hall–Kier alpha value is -4.39. The van der Waals surface area contributed by atoms with Crippen LogP contribution in [0.5, 0.6) is 0 Å². The standard InChI is InChI=1S/C24H20N6O/c1-17-12-14-20(15-13-17)30-24-26-21(18-8-4-2-5-9-18)16-29(24)27-22(28-30)23(31)25-19-10-6-3-7-11-19/h2-16H,1H3,(H,25,31)(H,27,28). The quantitative estimate of drug-likeness (QED) is 0.521.